The summed E-state index contributed by atoms with van der Waals surface area (Å²) in [7, 11) is 2.09. The summed E-state index contributed by atoms with van der Waals surface area (Å²) >= 11 is 0. The fraction of sp³-hybridized carbons (Fsp3) is 0.471. The van der Waals surface area contributed by atoms with E-state index in [1.807, 2.05) is 0 Å². The van der Waals surface area contributed by atoms with E-state index in [9.17, 15) is 4.79 Å². The molecule has 3 atom stereocenters. The summed E-state index contributed by atoms with van der Waals surface area (Å²) in [5.74, 6) is 0.0687. The van der Waals surface area contributed by atoms with Crippen LogP contribution in [-0.2, 0) is 4.79 Å². The van der Waals surface area contributed by atoms with Crippen LogP contribution >= 0.6 is 0 Å². The average Bonchev–Trinajstić information content (AvgIpc) is 2.79. The quantitative estimate of drug-likeness (QED) is 0.633. The molecule has 1 fully saturated rings. The molecule has 1 aliphatic carbocycles. The van der Waals surface area contributed by atoms with Crippen LogP contribution in [0.15, 0.2) is 35.5 Å². The Morgan fingerprint density at radius 1 is 1.05 bits per heavy atom. The van der Waals surface area contributed by atoms with Gasteiger partial charge in [0.2, 0.25) is 0 Å². The number of amides is 1. The number of nitrogens with one attached hydrogen (secondary N) is 3. The summed E-state index contributed by atoms with van der Waals surface area (Å²) in [6.45, 7) is 0.640. The highest BCUT2D eigenvalue weighted by molar-refractivity contribution is 6.32. The second-order valence-electron chi connectivity index (χ2n) is 6.73. The molecule has 2 aliphatic heterocycles. The second-order valence-corrected chi connectivity index (χ2v) is 6.73. The Morgan fingerprint density at radius 2 is 1.77 bits per heavy atom. The van der Waals surface area contributed by atoms with Crippen molar-refractivity contribution >= 4 is 19.2 Å². The molecule has 114 valence electrons. The first-order valence-electron chi connectivity index (χ1n) is 8.33. The summed E-state index contributed by atoms with van der Waals surface area (Å²) in [5.41, 5.74) is 4.41. The Labute approximate surface area is 132 Å². The third kappa shape index (κ3) is 2.33. The Morgan fingerprint density at radius 3 is 2.55 bits per heavy atom. The monoisotopic (exact) mass is 295 g/mol. The highest BCUT2D eigenvalue weighted by Crippen LogP contribution is 2.33. The van der Waals surface area contributed by atoms with Gasteiger partial charge in [0, 0.05) is 17.8 Å². The molecule has 4 rings (SSSR count). The third-order valence-corrected chi connectivity index (χ3v) is 5.20. The fourth-order valence-corrected chi connectivity index (χ4v) is 3.98. The van der Waals surface area contributed by atoms with Gasteiger partial charge in [0.05, 0.1) is 18.2 Å². The number of fused-ring (bicyclic) bond motifs is 1. The predicted octanol–water partition coefficient (Wildman–Crippen LogP) is -0.126. The van der Waals surface area contributed by atoms with Crippen molar-refractivity contribution in [1.29, 1.82) is 0 Å². The van der Waals surface area contributed by atoms with Crippen molar-refractivity contribution in [2.24, 2.45) is 0 Å². The van der Waals surface area contributed by atoms with E-state index in [0.29, 0.717) is 18.6 Å². The SMILES string of the molecule is Bc1ccc([C@@H]2N[C@@H]3CCCC[C@H]3NC3=C2C(=O)NC3)cc1. The van der Waals surface area contributed by atoms with Crippen LogP contribution in [0.3, 0.4) is 0 Å². The van der Waals surface area contributed by atoms with Crippen molar-refractivity contribution in [2.45, 2.75) is 43.8 Å². The molecule has 0 aromatic heterocycles. The van der Waals surface area contributed by atoms with Crippen LogP contribution in [0.4, 0.5) is 0 Å². The first-order valence-corrected chi connectivity index (χ1v) is 8.33. The van der Waals surface area contributed by atoms with Gasteiger partial charge in [-0.15, -0.1) is 0 Å². The second kappa shape index (κ2) is 5.47. The van der Waals surface area contributed by atoms with Crippen LogP contribution in [-0.4, -0.2) is 32.4 Å². The molecular weight excluding hydrogens is 273 g/mol. The molecule has 1 aromatic rings. The van der Waals surface area contributed by atoms with Gasteiger partial charge in [-0.1, -0.05) is 42.6 Å². The Bertz CT molecular complexity index is 625. The zero-order valence-electron chi connectivity index (χ0n) is 13.0. The van der Waals surface area contributed by atoms with Crippen LogP contribution in [0.5, 0.6) is 0 Å². The molecule has 0 unspecified atom stereocenters. The lowest BCUT2D eigenvalue weighted by atomic mass is 9.88. The Balaban J connectivity index is 1.74. The van der Waals surface area contributed by atoms with Gasteiger partial charge in [-0.2, -0.15) is 0 Å². The van der Waals surface area contributed by atoms with Gasteiger partial charge in [-0.05, 0) is 18.4 Å². The van der Waals surface area contributed by atoms with Gasteiger partial charge in [-0.25, -0.2) is 0 Å². The van der Waals surface area contributed by atoms with E-state index in [1.165, 1.54) is 36.7 Å². The maximum atomic E-state index is 12.4. The molecule has 0 spiro atoms. The number of rotatable bonds is 1. The largest absolute Gasteiger partial charge is 0.382 e. The number of hydrogen-bond donors (Lipinski definition) is 3. The van der Waals surface area contributed by atoms with Crippen molar-refractivity contribution < 1.29 is 4.79 Å². The summed E-state index contributed by atoms with van der Waals surface area (Å²) < 4.78 is 0. The third-order valence-electron chi connectivity index (χ3n) is 5.20. The van der Waals surface area contributed by atoms with Crippen LogP contribution in [0, 0.1) is 0 Å². The maximum absolute atomic E-state index is 12.4. The van der Waals surface area contributed by atoms with E-state index in [4.69, 9.17) is 0 Å². The zero-order chi connectivity index (χ0) is 15.1. The molecule has 22 heavy (non-hydrogen) atoms. The topological polar surface area (TPSA) is 53.2 Å². The first kappa shape index (κ1) is 13.9. The number of hydrogen-bond acceptors (Lipinski definition) is 3. The number of benzene rings is 1. The normalized spacial score (nSPS) is 30.9. The molecule has 1 amide bonds. The molecule has 3 aliphatic rings. The van der Waals surface area contributed by atoms with Gasteiger partial charge >= 0.3 is 0 Å². The highest BCUT2D eigenvalue weighted by atomic mass is 16.2. The minimum absolute atomic E-state index is 0.00120. The van der Waals surface area contributed by atoms with Gasteiger partial charge in [-0.3, -0.25) is 4.79 Å². The predicted molar refractivity (Wildman–Crippen MR) is 89.7 cm³/mol. The van der Waals surface area contributed by atoms with Crippen molar-refractivity contribution in [3.05, 3.63) is 41.1 Å². The van der Waals surface area contributed by atoms with E-state index < -0.39 is 0 Å². The number of carbonyl (C=O) groups excluding carboxylic acids is 1. The van der Waals surface area contributed by atoms with Crippen LogP contribution in [0.1, 0.15) is 37.3 Å². The molecule has 1 aromatic carbocycles. The van der Waals surface area contributed by atoms with Crippen LogP contribution in [0.2, 0.25) is 0 Å². The molecule has 5 heteroatoms. The van der Waals surface area contributed by atoms with E-state index in [2.05, 4.69) is 48.1 Å². The zero-order valence-corrected chi connectivity index (χ0v) is 13.0. The lowest BCUT2D eigenvalue weighted by Gasteiger charge is -2.34. The van der Waals surface area contributed by atoms with Gasteiger partial charge in [0.1, 0.15) is 7.85 Å². The molecule has 1 saturated carbocycles. The molecule has 3 N–H and O–H groups in total. The standard InChI is InChI=1S/C17H22BN3O/c18-11-7-5-10(6-8-11)16-15-14(9-19-17(15)22)20-12-3-1-2-4-13(12)21-16/h5-8,12-13,16,20-21H,1-4,9,18H2,(H,19,22)/t12-,13-,16+/m1/s1. The van der Waals surface area contributed by atoms with Crippen LogP contribution < -0.4 is 21.4 Å². The Kier molecular flexibility index (Phi) is 3.45. The number of carbonyl (C=O) groups is 1. The minimum atomic E-state index is -0.00120. The van der Waals surface area contributed by atoms with Gasteiger partial charge < -0.3 is 16.0 Å². The molecule has 0 radical (unpaired) electrons. The molecule has 0 bridgehead atoms. The summed E-state index contributed by atoms with van der Waals surface area (Å²) in [4.78, 5) is 12.4. The van der Waals surface area contributed by atoms with E-state index >= 15 is 0 Å². The molecule has 4 nitrogen and oxygen atoms in total. The smallest absolute Gasteiger partial charge is 0.251 e. The van der Waals surface area contributed by atoms with E-state index in [1.54, 1.807) is 0 Å². The first-order chi connectivity index (χ1) is 10.7. The minimum Gasteiger partial charge on any atom is -0.382 e. The van der Waals surface area contributed by atoms with Crippen molar-refractivity contribution in [3.63, 3.8) is 0 Å². The molecule has 2 heterocycles. The molecule has 0 saturated heterocycles. The summed E-state index contributed by atoms with van der Waals surface area (Å²) in [6, 6.07) is 9.43. The van der Waals surface area contributed by atoms with E-state index in [0.717, 1.165) is 11.3 Å². The fourth-order valence-electron chi connectivity index (χ4n) is 3.98. The lowest BCUT2D eigenvalue weighted by Crippen LogP contribution is -2.49. The summed E-state index contributed by atoms with van der Waals surface area (Å²) in [5, 5.41) is 10.4. The van der Waals surface area contributed by atoms with Crippen molar-refractivity contribution in [2.75, 3.05) is 6.54 Å². The van der Waals surface area contributed by atoms with Gasteiger partial charge in [0.15, 0.2) is 0 Å². The maximum Gasteiger partial charge on any atom is 0.251 e. The van der Waals surface area contributed by atoms with Gasteiger partial charge in [0.25, 0.3) is 5.91 Å². The highest BCUT2D eigenvalue weighted by Gasteiger charge is 2.38. The van der Waals surface area contributed by atoms with Crippen molar-refractivity contribution in [3.8, 4) is 0 Å². The van der Waals surface area contributed by atoms with E-state index in [-0.39, 0.29) is 11.9 Å². The Hall–Kier alpha value is -1.75. The molecular formula is C17H22BN3O. The lowest BCUT2D eigenvalue weighted by molar-refractivity contribution is -0.117. The average molecular weight is 295 g/mol. The van der Waals surface area contributed by atoms with Crippen LogP contribution in [0.25, 0.3) is 0 Å². The van der Waals surface area contributed by atoms with Crippen molar-refractivity contribution in [1.82, 2.24) is 16.0 Å². The summed E-state index contributed by atoms with van der Waals surface area (Å²) in [6.07, 6.45) is 4.91.